The lowest BCUT2D eigenvalue weighted by atomic mass is 9.81. The van der Waals surface area contributed by atoms with E-state index in [0.29, 0.717) is 35.7 Å². The van der Waals surface area contributed by atoms with Crippen LogP contribution in [0.3, 0.4) is 0 Å². The van der Waals surface area contributed by atoms with Gasteiger partial charge in [0.25, 0.3) is 0 Å². The van der Waals surface area contributed by atoms with Crippen molar-refractivity contribution >= 4 is 23.3 Å². The van der Waals surface area contributed by atoms with Gasteiger partial charge >= 0.3 is 0 Å². The quantitative estimate of drug-likeness (QED) is 0.920. The summed E-state index contributed by atoms with van der Waals surface area (Å²) in [5.41, 5.74) is 2.28. The molecule has 0 radical (unpaired) electrons. The Hall–Kier alpha value is -2.33. The molecule has 5 heteroatoms. The third-order valence-electron chi connectivity index (χ3n) is 4.32. The van der Waals surface area contributed by atoms with E-state index >= 15 is 0 Å². The third-order valence-corrected chi connectivity index (χ3v) is 4.62. The Balaban J connectivity index is 1.76. The molecule has 4 nitrogen and oxygen atoms in total. The van der Waals surface area contributed by atoms with Gasteiger partial charge < -0.3 is 10.1 Å². The van der Waals surface area contributed by atoms with Gasteiger partial charge in [-0.2, -0.15) is 0 Å². The van der Waals surface area contributed by atoms with E-state index in [1.165, 1.54) is 0 Å². The smallest absolute Gasteiger partial charge is 0.227 e. The summed E-state index contributed by atoms with van der Waals surface area (Å²) >= 11 is 6.10. The van der Waals surface area contributed by atoms with E-state index < -0.39 is 0 Å². The minimum Gasteiger partial charge on any atom is -0.495 e. The molecule has 1 amide bonds. The molecule has 0 saturated carbocycles. The van der Waals surface area contributed by atoms with Crippen LogP contribution in [0.5, 0.6) is 5.75 Å². The van der Waals surface area contributed by atoms with E-state index in [9.17, 15) is 9.59 Å². The highest BCUT2D eigenvalue weighted by Crippen LogP contribution is 2.32. The van der Waals surface area contributed by atoms with Crippen LogP contribution in [0.25, 0.3) is 0 Å². The fourth-order valence-corrected chi connectivity index (χ4v) is 3.39. The molecule has 0 spiro atoms. The molecule has 3 rings (SSSR count). The van der Waals surface area contributed by atoms with Crippen molar-refractivity contribution in [2.24, 2.45) is 0 Å². The molecule has 0 aromatic heterocycles. The van der Waals surface area contributed by atoms with Gasteiger partial charge in [-0.05, 0) is 18.1 Å². The lowest BCUT2D eigenvalue weighted by Crippen LogP contribution is -2.32. The number of rotatable bonds is 4. The Labute approximate surface area is 145 Å². The lowest BCUT2D eigenvalue weighted by molar-refractivity contribution is -0.122. The Bertz CT molecular complexity index is 788. The number of carbonyl (C=O) groups excluding carboxylic acids is 2. The Morgan fingerprint density at radius 2 is 2.04 bits per heavy atom. The van der Waals surface area contributed by atoms with Crippen molar-refractivity contribution in [3.05, 3.63) is 64.2 Å². The number of ether oxygens (including phenoxy) is 1. The molecule has 1 aliphatic rings. The minimum atomic E-state index is -0.302. The summed E-state index contributed by atoms with van der Waals surface area (Å²) in [4.78, 5) is 24.6. The number of hydrogen-bond donors (Lipinski definition) is 1. The maximum atomic E-state index is 12.6. The van der Waals surface area contributed by atoms with Crippen molar-refractivity contribution < 1.29 is 14.3 Å². The minimum absolute atomic E-state index is 0.0861. The highest BCUT2D eigenvalue weighted by atomic mass is 35.5. The summed E-state index contributed by atoms with van der Waals surface area (Å²) in [5, 5.41) is 3.45. The second-order valence-corrected chi connectivity index (χ2v) is 6.16. The third kappa shape index (κ3) is 3.15. The number of carbonyl (C=O) groups is 2. The van der Waals surface area contributed by atoms with Crippen LogP contribution in [0, 0.1) is 0 Å². The first-order valence-electron chi connectivity index (χ1n) is 7.83. The molecule has 124 valence electrons. The predicted molar refractivity (Wildman–Crippen MR) is 92.6 cm³/mol. The first-order valence-corrected chi connectivity index (χ1v) is 8.21. The van der Waals surface area contributed by atoms with Crippen molar-refractivity contribution in [1.82, 2.24) is 5.32 Å². The lowest BCUT2D eigenvalue weighted by Gasteiger charge is -2.24. The van der Waals surface area contributed by atoms with Crippen LogP contribution in [-0.4, -0.2) is 18.8 Å². The summed E-state index contributed by atoms with van der Waals surface area (Å²) in [7, 11) is 1.55. The second-order valence-electron chi connectivity index (χ2n) is 5.75. The maximum Gasteiger partial charge on any atom is 0.227 e. The zero-order valence-electron chi connectivity index (χ0n) is 13.3. The van der Waals surface area contributed by atoms with Crippen LogP contribution in [-0.2, 0) is 11.3 Å². The summed E-state index contributed by atoms with van der Waals surface area (Å²) in [6.45, 7) is 0.329. The van der Waals surface area contributed by atoms with Crippen LogP contribution >= 0.6 is 11.6 Å². The van der Waals surface area contributed by atoms with Crippen molar-refractivity contribution in [2.75, 3.05) is 7.11 Å². The SMILES string of the molecule is COc1c(Cl)cccc1CNC(=O)C1CCC(=O)c2ccccc21. The molecule has 1 aliphatic carbocycles. The predicted octanol–water partition coefficient (Wildman–Crippen LogP) is 3.73. The van der Waals surface area contributed by atoms with Crippen LogP contribution < -0.4 is 10.1 Å². The van der Waals surface area contributed by atoms with Crippen molar-refractivity contribution in [3.63, 3.8) is 0 Å². The van der Waals surface area contributed by atoms with Gasteiger partial charge in [-0.25, -0.2) is 0 Å². The molecule has 0 bridgehead atoms. The largest absolute Gasteiger partial charge is 0.495 e. The normalized spacial score (nSPS) is 16.4. The maximum absolute atomic E-state index is 12.6. The molecule has 2 aromatic carbocycles. The first kappa shape index (κ1) is 16.5. The number of hydrogen-bond acceptors (Lipinski definition) is 3. The average molecular weight is 344 g/mol. The van der Waals surface area contributed by atoms with Gasteiger partial charge in [0, 0.05) is 24.1 Å². The number of ketones is 1. The van der Waals surface area contributed by atoms with E-state index in [-0.39, 0.29) is 17.6 Å². The Morgan fingerprint density at radius 1 is 1.25 bits per heavy atom. The number of fused-ring (bicyclic) bond motifs is 1. The molecule has 0 saturated heterocycles. The second kappa shape index (κ2) is 7.05. The number of benzene rings is 2. The summed E-state index contributed by atoms with van der Waals surface area (Å²) in [6.07, 6.45) is 0.934. The standard InChI is InChI=1S/C19H18ClNO3/c1-24-18-12(5-4-8-16(18)20)11-21-19(23)15-9-10-17(22)14-7-3-2-6-13(14)15/h2-8,15H,9-11H2,1H3,(H,21,23). The van der Waals surface area contributed by atoms with Gasteiger partial charge in [0.2, 0.25) is 5.91 Å². The topological polar surface area (TPSA) is 55.4 Å². The first-order chi connectivity index (χ1) is 11.6. The van der Waals surface area contributed by atoms with Crippen LogP contribution in [0.15, 0.2) is 42.5 Å². The highest BCUT2D eigenvalue weighted by molar-refractivity contribution is 6.32. The van der Waals surface area contributed by atoms with Crippen LogP contribution in [0.2, 0.25) is 5.02 Å². The van der Waals surface area contributed by atoms with E-state index in [4.69, 9.17) is 16.3 Å². The van der Waals surface area contributed by atoms with Crippen molar-refractivity contribution in [1.29, 1.82) is 0 Å². The summed E-state index contributed by atoms with van der Waals surface area (Å²) in [6, 6.07) is 12.8. The van der Waals surface area contributed by atoms with Crippen molar-refractivity contribution in [3.8, 4) is 5.75 Å². The summed E-state index contributed by atoms with van der Waals surface area (Å²) in [5.74, 6) is 0.283. The summed E-state index contributed by atoms with van der Waals surface area (Å²) < 4.78 is 5.30. The molecule has 2 aromatic rings. The average Bonchev–Trinajstić information content (AvgIpc) is 2.60. The number of methoxy groups -OCH3 is 1. The van der Waals surface area contributed by atoms with Gasteiger partial charge in [0.05, 0.1) is 18.1 Å². The number of Topliss-reactive ketones (excluding diaryl/α,β-unsaturated/α-hetero) is 1. The number of amides is 1. The number of para-hydroxylation sites is 1. The molecule has 0 aliphatic heterocycles. The fourth-order valence-electron chi connectivity index (χ4n) is 3.12. The van der Waals surface area contributed by atoms with E-state index in [0.717, 1.165) is 11.1 Å². The van der Waals surface area contributed by atoms with E-state index in [1.54, 1.807) is 19.2 Å². The van der Waals surface area contributed by atoms with E-state index in [2.05, 4.69) is 5.32 Å². The number of nitrogens with one attached hydrogen (secondary N) is 1. The number of halogens is 1. The van der Waals surface area contributed by atoms with Crippen molar-refractivity contribution in [2.45, 2.75) is 25.3 Å². The molecule has 1 unspecified atom stereocenters. The molecular formula is C19H18ClNO3. The Morgan fingerprint density at radius 3 is 2.83 bits per heavy atom. The monoisotopic (exact) mass is 343 g/mol. The molecule has 0 heterocycles. The molecule has 1 N–H and O–H groups in total. The van der Waals surface area contributed by atoms with Gasteiger partial charge in [-0.1, -0.05) is 48.0 Å². The van der Waals surface area contributed by atoms with E-state index in [1.807, 2.05) is 30.3 Å². The van der Waals surface area contributed by atoms with Gasteiger partial charge in [0.1, 0.15) is 5.75 Å². The molecule has 0 fully saturated rings. The van der Waals surface area contributed by atoms with Crippen LogP contribution in [0.1, 0.15) is 40.2 Å². The zero-order valence-corrected chi connectivity index (χ0v) is 14.1. The fraction of sp³-hybridized carbons (Fsp3) is 0.263. The molecule has 1 atom stereocenters. The van der Waals surface area contributed by atoms with Gasteiger partial charge in [-0.15, -0.1) is 0 Å². The van der Waals surface area contributed by atoms with Gasteiger partial charge in [0.15, 0.2) is 5.78 Å². The highest BCUT2D eigenvalue weighted by Gasteiger charge is 2.30. The molecular weight excluding hydrogens is 326 g/mol. The Kier molecular flexibility index (Phi) is 4.86. The van der Waals surface area contributed by atoms with Crippen LogP contribution in [0.4, 0.5) is 0 Å². The molecule has 24 heavy (non-hydrogen) atoms. The van der Waals surface area contributed by atoms with Gasteiger partial charge in [-0.3, -0.25) is 9.59 Å². The zero-order chi connectivity index (χ0) is 17.1.